The molecule has 0 aliphatic carbocycles. The van der Waals surface area contributed by atoms with Gasteiger partial charge in [0.2, 0.25) is 0 Å². The molecule has 0 aromatic heterocycles. The maximum absolute atomic E-state index is 11.8. The molecule has 1 amide bonds. The van der Waals surface area contributed by atoms with Crippen LogP contribution in [-0.2, 0) is 11.3 Å². The molecule has 0 bridgehead atoms. The van der Waals surface area contributed by atoms with Gasteiger partial charge < -0.3 is 20.7 Å². The molecular weight excluding hydrogens is 254 g/mol. The summed E-state index contributed by atoms with van der Waals surface area (Å²) in [7, 11) is 2.10. The van der Waals surface area contributed by atoms with Gasteiger partial charge in [-0.1, -0.05) is 18.2 Å². The van der Waals surface area contributed by atoms with E-state index in [1.165, 1.54) is 6.42 Å². The van der Waals surface area contributed by atoms with Crippen LogP contribution in [0.3, 0.4) is 0 Å². The van der Waals surface area contributed by atoms with Crippen molar-refractivity contribution in [1.82, 2.24) is 10.2 Å². The zero-order valence-corrected chi connectivity index (χ0v) is 12.0. The van der Waals surface area contributed by atoms with E-state index in [-0.39, 0.29) is 12.5 Å². The first-order chi connectivity index (χ1) is 9.70. The molecule has 5 heteroatoms. The summed E-state index contributed by atoms with van der Waals surface area (Å²) in [6.45, 7) is 2.25. The summed E-state index contributed by atoms with van der Waals surface area (Å²) in [5, 5.41) is 2.93. The summed E-state index contributed by atoms with van der Waals surface area (Å²) in [5.41, 5.74) is 6.54. The Kier molecular flexibility index (Phi) is 5.38. The van der Waals surface area contributed by atoms with E-state index in [0.29, 0.717) is 24.9 Å². The lowest BCUT2D eigenvalue weighted by Crippen LogP contribution is -2.40. The Balaban J connectivity index is 1.74. The van der Waals surface area contributed by atoms with E-state index in [9.17, 15) is 4.79 Å². The molecule has 0 spiro atoms. The standard InChI is InChI=1S/C15H23N3O2/c1-18-8-4-6-13(18)10-17-15(19)11-20-14-7-3-2-5-12(14)9-16/h2-3,5,7,13H,4,6,8-11,16H2,1H3,(H,17,19). The predicted octanol–water partition coefficient (Wildman–Crippen LogP) is 0.734. The number of carbonyl (C=O) groups excluding carboxylic acids is 1. The highest BCUT2D eigenvalue weighted by atomic mass is 16.5. The minimum absolute atomic E-state index is 0.0352. The van der Waals surface area contributed by atoms with Gasteiger partial charge in [-0.3, -0.25) is 4.79 Å². The largest absolute Gasteiger partial charge is 0.483 e. The normalized spacial score (nSPS) is 19.0. The predicted molar refractivity (Wildman–Crippen MR) is 78.5 cm³/mol. The van der Waals surface area contributed by atoms with E-state index in [1.807, 2.05) is 24.3 Å². The van der Waals surface area contributed by atoms with Crippen LogP contribution in [0.1, 0.15) is 18.4 Å². The number of para-hydroxylation sites is 1. The van der Waals surface area contributed by atoms with Crippen LogP contribution in [-0.4, -0.2) is 43.6 Å². The molecule has 0 saturated carbocycles. The number of carbonyl (C=O) groups is 1. The van der Waals surface area contributed by atoms with Crippen molar-refractivity contribution in [3.63, 3.8) is 0 Å². The van der Waals surface area contributed by atoms with E-state index >= 15 is 0 Å². The highest BCUT2D eigenvalue weighted by Gasteiger charge is 2.21. The lowest BCUT2D eigenvalue weighted by molar-refractivity contribution is -0.123. The second-order valence-electron chi connectivity index (χ2n) is 5.18. The third kappa shape index (κ3) is 3.95. The van der Waals surface area contributed by atoms with Crippen molar-refractivity contribution in [3.05, 3.63) is 29.8 Å². The van der Waals surface area contributed by atoms with Gasteiger partial charge in [0.25, 0.3) is 5.91 Å². The molecule has 1 aromatic carbocycles. The van der Waals surface area contributed by atoms with Gasteiger partial charge >= 0.3 is 0 Å². The molecule has 1 aliphatic rings. The third-order valence-electron chi connectivity index (χ3n) is 3.76. The van der Waals surface area contributed by atoms with Crippen molar-refractivity contribution >= 4 is 5.91 Å². The molecule has 110 valence electrons. The van der Waals surface area contributed by atoms with Crippen LogP contribution < -0.4 is 15.8 Å². The number of amides is 1. The van der Waals surface area contributed by atoms with Crippen LogP contribution in [0.25, 0.3) is 0 Å². The quantitative estimate of drug-likeness (QED) is 0.804. The number of benzene rings is 1. The highest BCUT2D eigenvalue weighted by molar-refractivity contribution is 5.77. The Hall–Kier alpha value is -1.59. The summed E-state index contributed by atoms with van der Waals surface area (Å²) < 4.78 is 5.53. The van der Waals surface area contributed by atoms with Gasteiger partial charge in [-0.25, -0.2) is 0 Å². The number of likely N-dealkylation sites (N-methyl/N-ethyl adjacent to an activating group) is 1. The van der Waals surface area contributed by atoms with E-state index in [1.54, 1.807) is 0 Å². The fourth-order valence-electron chi connectivity index (χ4n) is 2.48. The minimum atomic E-state index is -0.0860. The Morgan fingerprint density at radius 1 is 1.50 bits per heavy atom. The highest BCUT2D eigenvalue weighted by Crippen LogP contribution is 2.17. The molecule has 0 radical (unpaired) electrons. The fraction of sp³-hybridized carbons (Fsp3) is 0.533. The summed E-state index contributed by atoms with van der Waals surface area (Å²) in [4.78, 5) is 14.1. The first-order valence-electron chi connectivity index (χ1n) is 7.08. The number of nitrogens with two attached hydrogens (primary N) is 1. The number of likely N-dealkylation sites (tertiary alicyclic amines) is 1. The van der Waals surface area contributed by atoms with Crippen molar-refractivity contribution in [1.29, 1.82) is 0 Å². The van der Waals surface area contributed by atoms with E-state index in [0.717, 1.165) is 18.5 Å². The molecule has 1 saturated heterocycles. The number of hydrogen-bond donors (Lipinski definition) is 2. The van der Waals surface area contributed by atoms with Gasteiger partial charge in [0.15, 0.2) is 6.61 Å². The number of nitrogens with zero attached hydrogens (tertiary/aromatic N) is 1. The molecule has 1 fully saturated rings. The van der Waals surface area contributed by atoms with E-state index < -0.39 is 0 Å². The average Bonchev–Trinajstić information content (AvgIpc) is 2.88. The van der Waals surface area contributed by atoms with E-state index in [4.69, 9.17) is 10.5 Å². The van der Waals surface area contributed by atoms with Crippen LogP contribution >= 0.6 is 0 Å². The summed E-state index contributed by atoms with van der Waals surface area (Å²) >= 11 is 0. The number of nitrogens with one attached hydrogen (secondary N) is 1. The number of ether oxygens (including phenoxy) is 1. The maximum Gasteiger partial charge on any atom is 0.257 e. The van der Waals surface area contributed by atoms with Gasteiger partial charge in [-0.05, 0) is 32.5 Å². The number of rotatable bonds is 6. The zero-order valence-electron chi connectivity index (χ0n) is 12.0. The van der Waals surface area contributed by atoms with Crippen LogP contribution in [0.4, 0.5) is 0 Å². The lowest BCUT2D eigenvalue weighted by atomic mass is 10.2. The summed E-state index contributed by atoms with van der Waals surface area (Å²) in [6, 6.07) is 7.97. The second kappa shape index (κ2) is 7.26. The Labute approximate surface area is 120 Å². The average molecular weight is 277 g/mol. The first-order valence-corrected chi connectivity index (χ1v) is 7.08. The summed E-state index contributed by atoms with van der Waals surface area (Å²) in [5.74, 6) is 0.597. The van der Waals surface area contributed by atoms with Crippen molar-refractivity contribution in [2.24, 2.45) is 5.73 Å². The third-order valence-corrected chi connectivity index (χ3v) is 3.76. The molecule has 1 unspecified atom stereocenters. The molecule has 1 heterocycles. The van der Waals surface area contributed by atoms with Crippen molar-refractivity contribution < 1.29 is 9.53 Å². The van der Waals surface area contributed by atoms with Gasteiger partial charge in [-0.15, -0.1) is 0 Å². The molecule has 1 aromatic rings. The Morgan fingerprint density at radius 2 is 2.30 bits per heavy atom. The Bertz CT molecular complexity index is 450. The molecule has 2 rings (SSSR count). The second-order valence-corrected chi connectivity index (χ2v) is 5.18. The monoisotopic (exact) mass is 277 g/mol. The van der Waals surface area contributed by atoms with Crippen LogP contribution in [0, 0.1) is 0 Å². The van der Waals surface area contributed by atoms with Crippen LogP contribution in [0.15, 0.2) is 24.3 Å². The van der Waals surface area contributed by atoms with Gasteiger partial charge in [-0.2, -0.15) is 0 Å². The van der Waals surface area contributed by atoms with Crippen molar-refractivity contribution in [2.45, 2.75) is 25.4 Å². The van der Waals surface area contributed by atoms with Gasteiger partial charge in [0.1, 0.15) is 5.75 Å². The minimum Gasteiger partial charge on any atom is -0.483 e. The molecule has 1 atom stereocenters. The van der Waals surface area contributed by atoms with Crippen LogP contribution in [0.5, 0.6) is 5.75 Å². The number of hydrogen-bond acceptors (Lipinski definition) is 4. The van der Waals surface area contributed by atoms with Crippen molar-refractivity contribution in [2.75, 3.05) is 26.7 Å². The molecule has 20 heavy (non-hydrogen) atoms. The molecule has 1 aliphatic heterocycles. The molecule has 3 N–H and O–H groups in total. The maximum atomic E-state index is 11.8. The first kappa shape index (κ1) is 14.8. The molecule has 5 nitrogen and oxygen atoms in total. The molecular formula is C15H23N3O2. The topological polar surface area (TPSA) is 67.6 Å². The SMILES string of the molecule is CN1CCCC1CNC(=O)COc1ccccc1CN. The lowest BCUT2D eigenvalue weighted by Gasteiger charge is -2.19. The smallest absolute Gasteiger partial charge is 0.257 e. The van der Waals surface area contributed by atoms with Gasteiger partial charge in [0, 0.05) is 24.7 Å². The zero-order chi connectivity index (χ0) is 14.4. The van der Waals surface area contributed by atoms with E-state index in [2.05, 4.69) is 17.3 Å². The fourth-order valence-corrected chi connectivity index (χ4v) is 2.48. The van der Waals surface area contributed by atoms with Gasteiger partial charge in [0.05, 0.1) is 0 Å². The van der Waals surface area contributed by atoms with Crippen LogP contribution in [0.2, 0.25) is 0 Å². The summed E-state index contributed by atoms with van der Waals surface area (Å²) in [6.07, 6.45) is 2.35. The van der Waals surface area contributed by atoms with Crippen molar-refractivity contribution in [3.8, 4) is 5.75 Å². The Morgan fingerprint density at radius 3 is 3.00 bits per heavy atom.